The first-order chi connectivity index (χ1) is 14.1. The molecule has 1 aromatic heterocycles. The number of benzene rings is 1. The number of carbonyl (C=O) groups excluding carboxylic acids is 1. The zero-order chi connectivity index (χ0) is 22.4. The van der Waals surface area contributed by atoms with Gasteiger partial charge in [-0.25, -0.2) is 13.6 Å². The summed E-state index contributed by atoms with van der Waals surface area (Å²) in [7, 11) is 0. The number of nitrogens with one attached hydrogen (secondary N) is 1. The number of amides is 1. The first kappa shape index (κ1) is 23.1. The highest BCUT2D eigenvalue weighted by molar-refractivity contribution is 5.96. The van der Waals surface area contributed by atoms with E-state index >= 15 is 0 Å². The summed E-state index contributed by atoms with van der Waals surface area (Å²) >= 11 is 0. The van der Waals surface area contributed by atoms with Crippen molar-refractivity contribution in [2.45, 2.75) is 40.2 Å². The Morgan fingerprint density at radius 2 is 2.00 bits per heavy atom. The van der Waals surface area contributed by atoms with Crippen LogP contribution in [0.1, 0.15) is 33.6 Å². The molecule has 0 spiro atoms. The molecule has 0 aliphatic carbocycles. The van der Waals surface area contributed by atoms with Gasteiger partial charge in [-0.3, -0.25) is 19.1 Å². The summed E-state index contributed by atoms with van der Waals surface area (Å²) in [6.07, 6.45) is 1.28. The molecule has 10 heteroatoms. The molecular formula is C20H26F2N4O4. The minimum Gasteiger partial charge on any atom is -0.481 e. The van der Waals surface area contributed by atoms with Crippen molar-refractivity contribution in [2.24, 2.45) is 5.92 Å². The number of hydrogen-bond acceptors (Lipinski definition) is 5. The summed E-state index contributed by atoms with van der Waals surface area (Å²) in [5.41, 5.74) is 4.48. The largest absolute Gasteiger partial charge is 0.481 e. The molecule has 0 saturated carbocycles. The Morgan fingerprint density at radius 3 is 2.60 bits per heavy atom. The fourth-order valence-corrected chi connectivity index (χ4v) is 2.87. The molecule has 3 N–H and O–H groups in total. The van der Waals surface area contributed by atoms with Crippen molar-refractivity contribution in [3.63, 3.8) is 0 Å². The monoisotopic (exact) mass is 424 g/mol. The number of H-pyrrole nitrogens is 1. The fourth-order valence-electron chi connectivity index (χ4n) is 2.87. The lowest BCUT2D eigenvalue weighted by atomic mass is 10.2. The van der Waals surface area contributed by atoms with Gasteiger partial charge in [0, 0.05) is 19.2 Å². The van der Waals surface area contributed by atoms with Gasteiger partial charge in [0.05, 0.1) is 0 Å². The number of aromatic nitrogens is 2. The normalized spacial score (nSPS) is 11.0. The highest BCUT2D eigenvalue weighted by atomic mass is 19.1. The Kier molecular flexibility index (Phi) is 7.73. The van der Waals surface area contributed by atoms with E-state index in [-0.39, 0.29) is 36.3 Å². The van der Waals surface area contributed by atoms with Gasteiger partial charge in [0.25, 0.3) is 11.5 Å². The second-order valence-corrected chi connectivity index (χ2v) is 7.26. The van der Waals surface area contributed by atoms with Crippen molar-refractivity contribution >= 4 is 17.4 Å². The van der Waals surface area contributed by atoms with Crippen LogP contribution in [-0.2, 0) is 11.3 Å². The van der Waals surface area contributed by atoms with Crippen molar-refractivity contribution in [3.8, 4) is 5.75 Å². The van der Waals surface area contributed by atoms with Crippen LogP contribution in [-0.4, -0.2) is 28.6 Å². The Balaban J connectivity index is 2.38. The zero-order valence-corrected chi connectivity index (χ0v) is 17.2. The zero-order valence-electron chi connectivity index (χ0n) is 17.2. The topological polar surface area (TPSA) is 110 Å². The molecule has 0 aliphatic heterocycles. The summed E-state index contributed by atoms with van der Waals surface area (Å²) in [5.74, 6) is -2.75. The highest BCUT2D eigenvalue weighted by Gasteiger charge is 2.25. The molecule has 2 aromatic rings. The maximum atomic E-state index is 13.8. The minimum absolute atomic E-state index is 0.0633. The predicted molar refractivity (Wildman–Crippen MR) is 110 cm³/mol. The van der Waals surface area contributed by atoms with Crippen LogP contribution in [0.15, 0.2) is 27.8 Å². The van der Waals surface area contributed by atoms with Gasteiger partial charge in [0.15, 0.2) is 23.9 Å². The van der Waals surface area contributed by atoms with Crippen LogP contribution in [0.4, 0.5) is 20.3 Å². The Morgan fingerprint density at radius 1 is 1.30 bits per heavy atom. The first-order valence-corrected chi connectivity index (χ1v) is 9.66. The average molecular weight is 424 g/mol. The molecule has 0 aliphatic rings. The van der Waals surface area contributed by atoms with Gasteiger partial charge in [-0.2, -0.15) is 0 Å². The summed E-state index contributed by atoms with van der Waals surface area (Å²) < 4.78 is 33.2. The fraction of sp³-hybridized carbons (Fsp3) is 0.450. The van der Waals surface area contributed by atoms with Crippen LogP contribution in [0.5, 0.6) is 5.75 Å². The van der Waals surface area contributed by atoms with E-state index < -0.39 is 35.4 Å². The molecule has 0 atom stereocenters. The molecule has 0 unspecified atom stereocenters. The summed E-state index contributed by atoms with van der Waals surface area (Å²) in [6.45, 7) is 5.46. The lowest BCUT2D eigenvalue weighted by Crippen LogP contribution is -2.43. The van der Waals surface area contributed by atoms with E-state index in [0.29, 0.717) is 12.5 Å². The Hall–Kier alpha value is -3.17. The van der Waals surface area contributed by atoms with E-state index in [2.05, 4.69) is 4.98 Å². The van der Waals surface area contributed by atoms with Crippen LogP contribution in [0.2, 0.25) is 0 Å². The standard InChI is InChI=1S/C20H26F2N4O4/c1-4-5-8-25(16(27)11-30-15-7-6-13(21)9-14(15)22)17-18(23)26(10-12(2)3)20(29)24-19(17)28/h6-7,9,12H,4-5,8,10-11,23H2,1-3H3,(H,24,28,29). The average Bonchev–Trinajstić information content (AvgIpc) is 2.66. The maximum absolute atomic E-state index is 13.8. The van der Waals surface area contributed by atoms with E-state index in [4.69, 9.17) is 10.5 Å². The van der Waals surface area contributed by atoms with E-state index in [1.165, 1.54) is 4.57 Å². The number of nitrogen functional groups attached to an aromatic ring is 1. The van der Waals surface area contributed by atoms with Crippen LogP contribution >= 0.6 is 0 Å². The van der Waals surface area contributed by atoms with Gasteiger partial charge in [-0.15, -0.1) is 0 Å². The number of halogens is 2. The second kappa shape index (κ2) is 10.0. The number of nitrogens with two attached hydrogens (primary N) is 1. The van der Waals surface area contributed by atoms with Gasteiger partial charge in [-0.1, -0.05) is 27.2 Å². The third-order valence-corrected chi connectivity index (χ3v) is 4.31. The number of anilines is 2. The van der Waals surface area contributed by atoms with Crippen molar-refractivity contribution in [3.05, 3.63) is 50.7 Å². The molecule has 1 aromatic carbocycles. The highest BCUT2D eigenvalue weighted by Crippen LogP contribution is 2.21. The van der Waals surface area contributed by atoms with Crippen molar-refractivity contribution in [2.75, 3.05) is 23.8 Å². The number of ether oxygens (including phenoxy) is 1. The lowest BCUT2D eigenvalue weighted by molar-refractivity contribution is -0.120. The first-order valence-electron chi connectivity index (χ1n) is 9.66. The van der Waals surface area contributed by atoms with Gasteiger partial charge >= 0.3 is 5.69 Å². The van der Waals surface area contributed by atoms with Gasteiger partial charge in [0.2, 0.25) is 0 Å². The van der Waals surface area contributed by atoms with Crippen LogP contribution in [0.3, 0.4) is 0 Å². The van der Waals surface area contributed by atoms with E-state index in [1.54, 1.807) is 0 Å². The van der Waals surface area contributed by atoms with Crippen molar-refractivity contribution in [1.82, 2.24) is 9.55 Å². The van der Waals surface area contributed by atoms with E-state index in [9.17, 15) is 23.2 Å². The molecule has 1 heterocycles. The molecule has 164 valence electrons. The minimum atomic E-state index is -0.953. The number of unbranched alkanes of at least 4 members (excludes halogenated alkanes) is 1. The number of hydrogen-bond donors (Lipinski definition) is 2. The van der Waals surface area contributed by atoms with E-state index in [0.717, 1.165) is 23.5 Å². The van der Waals surface area contributed by atoms with Crippen LogP contribution in [0.25, 0.3) is 0 Å². The molecule has 2 rings (SSSR count). The Bertz CT molecular complexity index is 1020. The number of carbonyl (C=O) groups is 1. The van der Waals surface area contributed by atoms with Crippen LogP contribution in [0, 0.1) is 17.6 Å². The second-order valence-electron chi connectivity index (χ2n) is 7.26. The SMILES string of the molecule is CCCCN(C(=O)COc1ccc(F)cc1F)c1c(N)n(CC(C)C)c(=O)[nH]c1=O. The molecule has 30 heavy (non-hydrogen) atoms. The smallest absolute Gasteiger partial charge is 0.330 e. The third-order valence-electron chi connectivity index (χ3n) is 4.31. The number of aromatic amines is 1. The molecule has 0 fully saturated rings. The number of rotatable bonds is 9. The Labute approximate surface area is 172 Å². The van der Waals surface area contributed by atoms with Crippen molar-refractivity contribution < 1.29 is 18.3 Å². The molecular weight excluding hydrogens is 398 g/mol. The summed E-state index contributed by atoms with van der Waals surface area (Å²) in [4.78, 5) is 40.8. The molecule has 0 radical (unpaired) electrons. The summed E-state index contributed by atoms with van der Waals surface area (Å²) in [6, 6.07) is 2.71. The maximum Gasteiger partial charge on any atom is 0.330 e. The molecule has 1 amide bonds. The van der Waals surface area contributed by atoms with Gasteiger partial charge in [0.1, 0.15) is 11.6 Å². The van der Waals surface area contributed by atoms with Gasteiger partial charge in [-0.05, 0) is 24.5 Å². The molecule has 8 nitrogen and oxygen atoms in total. The van der Waals surface area contributed by atoms with Crippen molar-refractivity contribution in [1.29, 1.82) is 0 Å². The predicted octanol–water partition coefficient (Wildman–Crippen LogP) is 2.27. The van der Waals surface area contributed by atoms with Gasteiger partial charge < -0.3 is 15.4 Å². The molecule has 0 bridgehead atoms. The van der Waals surface area contributed by atoms with E-state index in [1.807, 2.05) is 20.8 Å². The quantitative estimate of drug-likeness (QED) is 0.642. The third kappa shape index (κ3) is 5.46. The van der Waals surface area contributed by atoms with Crippen LogP contribution < -0.4 is 26.6 Å². The lowest BCUT2D eigenvalue weighted by Gasteiger charge is -2.25. The molecule has 0 saturated heterocycles. The number of nitrogens with zero attached hydrogens (tertiary/aromatic N) is 2. The summed E-state index contributed by atoms with van der Waals surface area (Å²) in [5, 5.41) is 0.